The van der Waals surface area contributed by atoms with Gasteiger partial charge in [-0.05, 0) is 30.7 Å². The zero-order valence-electron chi connectivity index (χ0n) is 10.4. The van der Waals surface area contributed by atoms with Gasteiger partial charge in [-0.3, -0.25) is 9.69 Å². The van der Waals surface area contributed by atoms with Crippen molar-refractivity contribution in [3.63, 3.8) is 0 Å². The van der Waals surface area contributed by atoms with Crippen LogP contribution in [-0.2, 0) is 4.79 Å². The number of nitrogens with zero attached hydrogens (tertiary/aromatic N) is 2. The Labute approximate surface area is 109 Å². The SMILES string of the molecule is C#Cc1cc(/C=C2\N=C(C)N(C)C2=O)cc(F)c1O. The van der Waals surface area contributed by atoms with Crippen LogP contribution in [0.1, 0.15) is 18.1 Å². The number of aromatic hydroxyl groups is 1. The van der Waals surface area contributed by atoms with E-state index in [1.807, 2.05) is 0 Å². The molecule has 0 unspecified atom stereocenters. The van der Waals surface area contributed by atoms with Gasteiger partial charge in [-0.2, -0.15) is 0 Å². The molecular weight excluding hydrogens is 247 g/mol. The highest BCUT2D eigenvalue weighted by atomic mass is 19.1. The smallest absolute Gasteiger partial charge is 0.277 e. The Kier molecular flexibility index (Phi) is 3.09. The molecule has 0 spiro atoms. The highest BCUT2D eigenvalue weighted by Crippen LogP contribution is 2.25. The van der Waals surface area contributed by atoms with Crippen molar-refractivity contribution in [1.82, 2.24) is 4.90 Å². The molecule has 1 amide bonds. The Balaban J connectivity index is 2.49. The van der Waals surface area contributed by atoms with E-state index in [9.17, 15) is 14.3 Å². The summed E-state index contributed by atoms with van der Waals surface area (Å²) < 4.78 is 13.4. The third-order valence-corrected chi connectivity index (χ3v) is 2.84. The maximum absolute atomic E-state index is 13.4. The third-order valence-electron chi connectivity index (χ3n) is 2.84. The van der Waals surface area contributed by atoms with Gasteiger partial charge in [-0.25, -0.2) is 9.38 Å². The molecule has 1 N–H and O–H groups in total. The van der Waals surface area contributed by atoms with E-state index in [4.69, 9.17) is 6.42 Å². The largest absolute Gasteiger partial charge is 0.504 e. The second kappa shape index (κ2) is 4.58. The number of hydrogen-bond donors (Lipinski definition) is 1. The van der Waals surface area contributed by atoms with E-state index in [0.717, 1.165) is 6.07 Å². The minimum Gasteiger partial charge on any atom is -0.504 e. The molecule has 5 heteroatoms. The summed E-state index contributed by atoms with van der Waals surface area (Å²) in [6, 6.07) is 2.52. The lowest BCUT2D eigenvalue weighted by molar-refractivity contribution is -0.121. The molecule has 0 aliphatic carbocycles. The Hall–Kier alpha value is -2.61. The predicted molar refractivity (Wildman–Crippen MR) is 69.9 cm³/mol. The van der Waals surface area contributed by atoms with E-state index < -0.39 is 11.6 Å². The van der Waals surface area contributed by atoms with Crippen molar-refractivity contribution in [2.24, 2.45) is 4.99 Å². The summed E-state index contributed by atoms with van der Waals surface area (Å²) in [5.41, 5.74) is 0.609. The lowest BCUT2D eigenvalue weighted by Crippen LogP contribution is -2.25. The van der Waals surface area contributed by atoms with E-state index in [1.165, 1.54) is 17.0 Å². The zero-order chi connectivity index (χ0) is 14.2. The molecule has 0 aromatic heterocycles. The lowest BCUT2D eigenvalue weighted by atomic mass is 10.1. The van der Waals surface area contributed by atoms with Crippen LogP contribution in [0.25, 0.3) is 6.08 Å². The van der Waals surface area contributed by atoms with E-state index >= 15 is 0 Å². The Bertz CT molecular complexity index is 669. The lowest BCUT2D eigenvalue weighted by Gasteiger charge is -2.06. The number of amidine groups is 1. The fourth-order valence-corrected chi connectivity index (χ4v) is 1.68. The number of carbonyl (C=O) groups excluding carboxylic acids is 1. The van der Waals surface area contributed by atoms with Crippen molar-refractivity contribution in [3.8, 4) is 18.1 Å². The van der Waals surface area contributed by atoms with Gasteiger partial charge >= 0.3 is 0 Å². The normalized spacial score (nSPS) is 16.7. The van der Waals surface area contributed by atoms with Gasteiger partial charge < -0.3 is 5.11 Å². The first-order valence-electron chi connectivity index (χ1n) is 5.48. The Morgan fingerprint density at radius 1 is 1.53 bits per heavy atom. The van der Waals surface area contributed by atoms with Crippen LogP contribution in [-0.4, -0.2) is 28.8 Å². The van der Waals surface area contributed by atoms with Gasteiger partial charge in [0.25, 0.3) is 5.91 Å². The summed E-state index contributed by atoms with van der Waals surface area (Å²) in [4.78, 5) is 17.3. The van der Waals surface area contributed by atoms with Crippen LogP contribution in [0.3, 0.4) is 0 Å². The van der Waals surface area contributed by atoms with Crippen molar-refractivity contribution in [2.75, 3.05) is 7.05 Å². The fourth-order valence-electron chi connectivity index (χ4n) is 1.68. The standard InChI is InChI=1S/C14H11FN2O2/c1-4-10-5-9(6-11(15)13(10)18)7-12-14(19)17(3)8(2)16-12/h1,5-7,18H,2-3H3/b12-7-. The third kappa shape index (κ3) is 2.20. The highest BCUT2D eigenvalue weighted by Gasteiger charge is 2.23. The number of carbonyl (C=O) groups is 1. The first-order valence-corrected chi connectivity index (χ1v) is 5.48. The highest BCUT2D eigenvalue weighted by molar-refractivity contribution is 6.13. The molecule has 0 fully saturated rings. The molecule has 0 saturated carbocycles. The molecule has 1 heterocycles. The molecule has 19 heavy (non-hydrogen) atoms. The van der Waals surface area contributed by atoms with E-state index in [-0.39, 0.29) is 17.2 Å². The molecule has 1 aliphatic rings. The summed E-state index contributed by atoms with van der Waals surface area (Å²) in [6.45, 7) is 1.70. The van der Waals surface area contributed by atoms with Gasteiger partial charge in [0.2, 0.25) is 0 Å². The van der Waals surface area contributed by atoms with Crippen LogP contribution < -0.4 is 0 Å². The van der Waals surface area contributed by atoms with Crippen LogP contribution in [0.15, 0.2) is 22.8 Å². The van der Waals surface area contributed by atoms with E-state index in [0.29, 0.717) is 11.4 Å². The van der Waals surface area contributed by atoms with Crippen molar-refractivity contribution in [1.29, 1.82) is 0 Å². The van der Waals surface area contributed by atoms with Gasteiger partial charge in [-0.1, -0.05) is 5.92 Å². The van der Waals surface area contributed by atoms with Crippen molar-refractivity contribution < 1.29 is 14.3 Å². The first kappa shape index (κ1) is 12.8. The number of phenolic OH excluding ortho intramolecular Hbond substituents is 1. The number of rotatable bonds is 1. The number of aliphatic imine (C=N–C) groups is 1. The number of phenols is 1. The molecular formula is C14H11FN2O2. The summed E-state index contributed by atoms with van der Waals surface area (Å²) in [5, 5.41) is 9.38. The van der Waals surface area contributed by atoms with Crippen molar-refractivity contribution >= 4 is 17.8 Å². The second-order valence-corrected chi connectivity index (χ2v) is 4.10. The molecule has 0 saturated heterocycles. The van der Waals surface area contributed by atoms with Gasteiger partial charge in [0.05, 0.1) is 5.56 Å². The maximum atomic E-state index is 13.4. The number of likely N-dealkylation sites (N-methyl/N-ethyl adjacent to an activating group) is 1. The minimum absolute atomic E-state index is 0.0337. The first-order chi connectivity index (χ1) is 8.93. The van der Waals surface area contributed by atoms with E-state index in [1.54, 1.807) is 14.0 Å². The maximum Gasteiger partial charge on any atom is 0.277 e. The fraction of sp³-hybridized carbons (Fsp3) is 0.143. The van der Waals surface area contributed by atoms with Gasteiger partial charge in [0.1, 0.15) is 11.5 Å². The molecule has 0 radical (unpaired) electrons. The summed E-state index contributed by atoms with van der Waals surface area (Å²) in [5.74, 6) is 1.07. The van der Waals surface area contributed by atoms with Crippen LogP contribution in [0.5, 0.6) is 5.75 Å². The quantitative estimate of drug-likeness (QED) is 0.616. The van der Waals surface area contributed by atoms with E-state index in [2.05, 4.69) is 10.9 Å². The molecule has 4 nitrogen and oxygen atoms in total. The van der Waals surface area contributed by atoms with Crippen LogP contribution in [0.4, 0.5) is 4.39 Å². The number of amides is 1. The minimum atomic E-state index is -0.832. The zero-order valence-corrected chi connectivity index (χ0v) is 10.4. The molecule has 1 aliphatic heterocycles. The van der Waals surface area contributed by atoms with Crippen molar-refractivity contribution in [3.05, 3.63) is 34.8 Å². The molecule has 0 bridgehead atoms. The molecule has 2 rings (SSSR count). The summed E-state index contributed by atoms with van der Waals surface area (Å²) in [6.07, 6.45) is 6.60. The van der Waals surface area contributed by atoms with Gasteiger partial charge in [0.15, 0.2) is 11.6 Å². The molecule has 1 aromatic carbocycles. The Morgan fingerprint density at radius 2 is 2.21 bits per heavy atom. The van der Waals surface area contributed by atoms with Crippen LogP contribution in [0.2, 0.25) is 0 Å². The second-order valence-electron chi connectivity index (χ2n) is 4.10. The summed E-state index contributed by atoms with van der Waals surface area (Å²) >= 11 is 0. The Morgan fingerprint density at radius 3 is 2.74 bits per heavy atom. The summed E-state index contributed by atoms with van der Waals surface area (Å²) in [7, 11) is 1.60. The average molecular weight is 258 g/mol. The van der Waals surface area contributed by atoms with Gasteiger partial charge in [0, 0.05) is 7.05 Å². The van der Waals surface area contributed by atoms with Crippen molar-refractivity contribution in [2.45, 2.75) is 6.92 Å². The number of halogens is 1. The predicted octanol–water partition coefficient (Wildman–Crippen LogP) is 1.74. The number of hydrogen-bond acceptors (Lipinski definition) is 3. The molecule has 1 aromatic rings. The molecule has 96 valence electrons. The average Bonchev–Trinajstić information content (AvgIpc) is 2.61. The van der Waals surface area contributed by atoms with Crippen LogP contribution >= 0.6 is 0 Å². The number of benzene rings is 1. The number of terminal acetylenes is 1. The molecule has 0 atom stereocenters. The van der Waals surface area contributed by atoms with Crippen LogP contribution in [0, 0.1) is 18.2 Å². The van der Waals surface area contributed by atoms with Gasteiger partial charge in [-0.15, -0.1) is 6.42 Å². The topological polar surface area (TPSA) is 52.9 Å². The monoisotopic (exact) mass is 258 g/mol.